The molecule has 3 N–H and O–H groups in total. The summed E-state index contributed by atoms with van der Waals surface area (Å²) in [6.45, 7) is 9.35. The van der Waals surface area contributed by atoms with Gasteiger partial charge in [-0.2, -0.15) is 5.10 Å². The van der Waals surface area contributed by atoms with Crippen LogP contribution in [0.2, 0.25) is 0 Å². The number of pyridine rings is 1. The minimum atomic E-state index is -0.322. The molecule has 8 heteroatoms. The molecule has 0 unspecified atom stereocenters. The highest BCUT2D eigenvalue weighted by Crippen LogP contribution is 2.34. The van der Waals surface area contributed by atoms with Crippen LogP contribution in [0.3, 0.4) is 0 Å². The van der Waals surface area contributed by atoms with Crippen LogP contribution in [0.15, 0.2) is 72.3 Å². The number of aromatic amines is 2. The zero-order valence-corrected chi connectivity index (χ0v) is 20.3. The summed E-state index contributed by atoms with van der Waals surface area (Å²) in [5, 5.41) is 13.5. The number of H-pyrrole nitrogens is 2. The van der Waals surface area contributed by atoms with Gasteiger partial charge in [0.15, 0.2) is 5.82 Å². The third kappa shape index (κ3) is 4.34. The number of imidazole rings is 1. The molecule has 0 aliphatic rings. The third-order valence-corrected chi connectivity index (χ3v) is 6.71. The summed E-state index contributed by atoms with van der Waals surface area (Å²) in [6, 6.07) is 9.23. The number of allylic oxidation sites excluding steroid dienone is 3. The van der Waals surface area contributed by atoms with E-state index in [1.807, 2.05) is 55.6 Å². The third-order valence-electron chi connectivity index (χ3n) is 5.83. The van der Waals surface area contributed by atoms with Gasteiger partial charge >= 0.3 is 0 Å². The molecule has 0 spiro atoms. The van der Waals surface area contributed by atoms with Crippen molar-refractivity contribution in [1.82, 2.24) is 30.5 Å². The average molecular weight is 485 g/mol. The molecule has 5 aromatic rings. The number of aromatic nitrogens is 5. The Kier molecular flexibility index (Phi) is 6.39. The molecule has 5 rings (SSSR count). The van der Waals surface area contributed by atoms with Crippen molar-refractivity contribution < 1.29 is 4.39 Å². The summed E-state index contributed by atoms with van der Waals surface area (Å²) in [7, 11) is 0. The van der Waals surface area contributed by atoms with Crippen LogP contribution < -0.4 is 5.32 Å². The number of nitrogens with one attached hydrogen (secondary N) is 3. The lowest BCUT2D eigenvalue weighted by atomic mass is 9.99. The largest absolute Gasteiger partial charge is 0.336 e. The van der Waals surface area contributed by atoms with E-state index in [1.165, 1.54) is 6.07 Å². The first kappa shape index (κ1) is 22.9. The maximum absolute atomic E-state index is 15.2. The van der Waals surface area contributed by atoms with Crippen LogP contribution in [0.1, 0.15) is 19.4 Å². The monoisotopic (exact) mass is 484 g/mol. The van der Waals surface area contributed by atoms with Gasteiger partial charge in [0, 0.05) is 29.8 Å². The van der Waals surface area contributed by atoms with E-state index in [0.717, 1.165) is 44.7 Å². The van der Waals surface area contributed by atoms with Gasteiger partial charge in [0.2, 0.25) is 0 Å². The Bertz CT molecular complexity index is 1570. The fraction of sp³-hybridized carbons (Fsp3) is 0.148. The first-order valence-electron chi connectivity index (χ1n) is 11.4. The molecule has 0 aliphatic carbocycles. The lowest BCUT2D eigenvalue weighted by Crippen LogP contribution is -2.15. The smallest absolute Gasteiger partial charge is 0.159 e. The van der Waals surface area contributed by atoms with E-state index in [2.05, 4.69) is 32.1 Å². The molecule has 0 radical (unpaired) electrons. The fourth-order valence-corrected chi connectivity index (χ4v) is 4.77. The average Bonchev–Trinajstić information content (AvgIpc) is 3.63. The standard InChI is InChI=1S/C27H25FN6S/c1-4-16(15-29-6-3)12-17(5-2)18-13-19-22(14-20(18)28)33-34-24(19)27-31-21-9-10-30-26(25(21)32-27)23-8-7-11-35-23/h4-5,7-14,29H,1,6,15H2,2-3H3,(H,31,32)(H,33,34)/b16-12+,17-5+. The van der Waals surface area contributed by atoms with Gasteiger partial charge in [-0.15, -0.1) is 11.3 Å². The van der Waals surface area contributed by atoms with E-state index in [1.54, 1.807) is 23.6 Å². The summed E-state index contributed by atoms with van der Waals surface area (Å²) in [4.78, 5) is 13.8. The highest BCUT2D eigenvalue weighted by atomic mass is 32.1. The van der Waals surface area contributed by atoms with Crippen molar-refractivity contribution in [3.63, 3.8) is 0 Å². The van der Waals surface area contributed by atoms with Gasteiger partial charge < -0.3 is 10.3 Å². The van der Waals surface area contributed by atoms with Crippen molar-refractivity contribution in [2.45, 2.75) is 13.8 Å². The van der Waals surface area contributed by atoms with E-state index < -0.39 is 0 Å². The van der Waals surface area contributed by atoms with Gasteiger partial charge in [0.05, 0.1) is 15.9 Å². The Morgan fingerprint density at radius 1 is 1.23 bits per heavy atom. The number of rotatable bonds is 8. The summed E-state index contributed by atoms with van der Waals surface area (Å²) >= 11 is 1.62. The molecule has 176 valence electrons. The molecule has 4 aromatic heterocycles. The Morgan fingerprint density at radius 2 is 2.11 bits per heavy atom. The minimum Gasteiger partial charge on any atom is -0.336 e. The van der Waals surface area contributed by atoms with Crippen LogP contribution in [-0.2, 0) is 0 Å². The number of likely N-dealkylation sites (N-methyl/N-ethyl adjacent to an activating group) is 1. The minimum absolute atomic E-state index is 0.322. The van der Waals surface area contributed by atoms with Crippen molar-refractivity contribution in [2.24, 2.45) is 0 Å². The number of nitrogens with zero attached hydrogens (tertiary/aromatic N) is 3. The van der Waals surface area contributed by atoms with Gasteiger partial charge in [-0.1, -0.05) is 37.8 Å². The molecule has 6 nitrogen and oxygen atoms in total. The second-order valence-corrected chi connectivity index (χ2v) is 8.96. The van der Waals surface area contributed by atoms with Gasteiger partial charge in [0.25, 0.3) is 0 Å². The van der Waals surface area contributed by atoms with E-state index in [4.69, 9.17) is 4.98 Å². The highest BCUT2D eigenvalue weighted by molar-refractivity contribution is 7.13. The first-order chi connectivity index (χ1) is 17.1. The van der Waals surface area contributed by atoms with Crippen LogP contribution >= 0.6 is 11.3 Å². The highest BCUT2D eigenvalue weighted by Gasteiger charge is 2.18. The summed E-state index contributed by atoms with van der Waals surface area (Å²) in [5.41, 5.74) is 5.96. The normalized spacial score (nSPS) is 12.7. The Labute approximate surface area is 206 Å². The summed E-state index contributed by atoms with van der Waals surface area (Å²) < 4.78 is 15.2. The van der Waals surface area contributed by atoms with Gasteiger partial charge in [-0.25, -0.2) is 9.37 Å². The SMILES string of the molecule is C=C/C(=C\C(=C/C)c1cc2c(-c3nc4c(-c5cccs5)nccc4[nH]3)n[nH]c2cc1F)CNCC. The molecular weight excluding hydrogens is 459 g/mol. The van der Waals surface area contributed by atoms with Crippen LogP contribution in [0.5, 0.6) is 0 Å². The Hall–Kier alpha value is -3.88. The van der Waals surface area contributed by atoms with E-state index in [-0.39, 0.29) is 5.82 Å². The lowest BCUT2D eigenvalue weighted by molar-refractivity contribution is 0.626. The van der Waals surface area contributed by atoms with Crippen LogP contribution in [0.4, 0.5) is 4.39 Å². The molecule has 0 bridgehead atoms. The summed E-state index contributed by atoms with van der Waals surface area (Å²) in [5.74, 6) is 0.281. The maximum atomic E-state index is 15.2. The molecule has 1 aromatic carbocycles. The van der Waals surface area contributed by atoms with Crippen LogP contribution in [0, 0.1) is 5.82 Å². The van der Waals surface area contributed by atoms with Gasteiger partial charge in [-0.3, -0.25) is 10.1 Å². The van der Waals surface area contributed by atoms with Crippen molar-refractivity contribution >= 4 is 38.8 Å². The molecule has 4 heterocycles. The molecule has 0 saturated carbocycles. The quantitative estimate of drug-likeness (QED) is 0.220. The van der Waals surface area contributed by atoms with Gasteiger partial charge in [0.1, 0.15) is 22.7 Å². The number of fused-ring (bicyclic) bond motifs is 2. The second kappa shape index (κ2) is 9.77. The summed E-state index contributed by atoms with van der Waals surface area (Å²) in [6.07, 6.45) is 7.42. The fourth-order valence-electron chi connectivity index (χ4n) is 4.05. The van der Waals surface area contributed by atoms with Crippen LogP contribution in [-0.4, -0.2) is 38.2 Å². The molecule has 0 amide bonds. The molecule has 0 aliphatic heterocycles. The number of hydrogen-bond acceptors (Lipinski definition) is 5. The van der Waals surface area contributed by atoms with Crippen molar-refractivity contribution in [3.8, 4) is 22.1 Å². The second-order valence-electron chi connectivity index (χ2n) is 8.02. The zero-order valence-electron chi connectivity index (χ0n) is 19.5. The zero-order chi connectivity index (χ0) is 24.4. The maximum Gasteiger partial charge on any atom is 0.159 e. The Balaban J connectivity index is 1.61. The van der Waals surface area contributed by atoms with Crippen molar-refractivity contribution in [3.05, 3.63) is 83.7 Å². The molecular formula is C27H25FN6S. The number of halogens is 1. The number of benzene rings is 1. The van der Waals surface area contributed by atoms with Crippen molar-refractivity contribution in [1.29, 1.82) is 0 Å². The predicted octanol–water partition coefficient (Wildman–Crippen LogP) is 6.49. The molecule has 0 atom stereocenters. The Morgan fingerprint density at radius 3 is 2.86 bits per heavy atom. The van der Waals surface area contributed by atoms with Crippen molar-refractivity contribution in [2.75, 3.05) is 13.1 Å². The first-order valence-corrected chi connectivity index (χ1v) is 12.3. The van der Waals surface area contributed by atoms with E-state index >= 15 is 4.39 Å². The van der Waals surface area contributed by atoms with Crippen LogP contribution in [0.25, 0.3) is 49.6 Å². The number of thiophene rings is 1. The molecule has 0 fully saturated rings. The molecule has 35 heavy (non-hydrogen) atoms. The topological polar surface area (TPSA) is 82.3 Å². The predicted molar refractivity (Wildman–Crippen MR) is 143 cm³/mol. The van der Waals surface area contributed by atoms with E-state index in [0.29, 0.717) is 29.1 Å². The lowest BCUT2D eigenvalue weighted by Gasteiger charge is -2.08. The number of hydrogen-bond donors (Lipinski definition) is 3. The molecule has 0 saturated heterocycles. The van der Waals surface area contributed by atoms with E-state index in [9.17, 15) is 0 Å². The van der Waals surface area contributed by atoms with Gasteiger partial charge in [-0.05, 0) is 48.2 Å².